The van der Waals surface area contributed by atoms with E-state index in [0.717, 1.165) is 0 Å². The zero-order chi connectivity index (χ0) is 14.8. The van der Waals surface area contributed by atoms with Crippen molar-refractivity contribution < 1.29 is 4.92 Å². The Morgan fingerprint density at radius 3 is 2.86 bits per heavy atom. The third kappa shape index (κ3) is 2.58. The lowest BCUT2D eigenvalue weighted by Crippen LogP contribution is -2.09. The second-order valence-electron chi connectivity index (χ2n) is 4.11. The molecular formula is C11H8ClN7O2. The van der Waals surface area contributed by atoms with Gasteiger partial charge in [-0.15, -0.1) is 5.10 Å². The van der Waals surface area contributed by atoms with Crippen LogP contribution in [-0.4, -0.2) is 34.9 Å². The van der Waals surface area contributed by atoms with E-state index in [1.165, 1.54) is 21.8 Å². The van der Waals surface area contributed by atoms with Crippen molar-refractivity contribution >= 4 is 17.3 Å². The lowest BCUT2D eigenvalue weighted by atomic mass is 10.3. The number of hydrogen-bond donors (Lipinski definition) is 0. The molecule has 1 aromatic carbocycles. The van der Waals surface area contributed by atoms with Gasteiger partial charge < -0.3 is 0 Å². The Balaban J connectivity index is 1.92. The molecule has 0 unspecified atom stereocenters. The van der Waals surface area contributed by atoms with Gasteiger partial charge in [-0.2, -0.15) is 9.78 Å². The number of nitrogens with zero attached hydrogens (tertiary/aromatic N) is 7. The molecule has 0 aliphatic carbocycles. The predicted octanol–water partition coefficient (Wildman–Crippen LogP) is 1.47. The van der Waals surface area contributed by atoms with Crippen molar-refractivity contribution in [1.82, 2.24) is 30.0 Å². The number of benzene rings is 1. The van der Waals surface area contributed by atoms with Crippen LogP contribution in [0.15, 0.2) is 36.7 Å². The highest BCUT2D eigenvalue weighted by Crippen LogP contribution is 2.20. The molecule has 21 heavy (non-hydrogen) atoms. The molecule has 0 radical (unpaired) electrons. The number of rotatable bonds is 4. The van der Waals surface area contributed by atoms with Gasteiger partial charge in [0.05, 0.1) is 15.6 Å². The molecule has 2 aromatic heterocycles. The number of halogens is 1. The molecule has 106 valence electrons. The summed E-state index contributed by atoms with van der Waals surface area (Å²) in [5.41, 5.74) is 0.535. The van der Waals surface area contributed by atoms with Gasteiger partial charge in [-0.3, -0.25) is 14.8 Å². The van der Waals surface area contributed by atoms with E-state index in [1.54, 1.807) is 18.2 Å². The summed E-state index contributed by atoms with van der Waals surface area (Å²) in [5.74, 6) is 0.459. The normalized spacial score (nSPS) is 10.7. The summed E-state index contributed by atoms with van der Waals surface area (Å²) >= 11 is 6.11. The molecule has 0 atom stereocenters. The molecular weight excluding hydrogens is 298 g/mol. The van der Waals surface area contributed by atoms with Crippen molar-refractivity contribution in [3.05, 3.63) is 57.6 Å². The van der Waals surface area contributed by atoms with Crippen LogP contribution in [0, 0.1) is 10.1 Å². The Morgan fingerprint density at radius 1 is 1.33 bits per heavy atom. The zero-order valence-electron chi connectivity index (χ0n) is 10.5. The molecule has 0 aliphatic rings. The summed E-state index contributed by atoms with van der Waals surface area (Å²) in [6.45, 7) is 0.187. The smallest absolute Gasteiger partial charge is 0.258 e. The zero-order valence-corrected chi connectivity index (χ0v) is 11.3. The van der Waals surface area contributed by atoms with Gasteiger partial charge in [-0.1, -0.05) is 23.7 Å². The first-order chi connectivity index (χ1) is 10.1. The first-order valence-corrected chi connectivity index (χ1v) is 6.22. The molecule has 2 heterocycles. The molecule has 10 heteroatoms. The maximum Gasteiger partial charge on any atom is 0.307 e. The summed E-state index contributed by atoms with van der Waals surface area (Å²) in [4.78, 5) is 10.1. The number of hydrogen-bond acceptors (Lipinski definition) is 6. The highest BCUT2D eigenvalue weighted by Gasteiger charge is 2.14. The van der Waals surface area contributed by atoms with Crippen LogP contribution in [0.25, 0.3) is 5.69 Å². The van der Waals surface area contributed by atoms with E-state index in [9.17, 15) is 10.1 Å². The maximum atomic E-state index is 10.6. The topological polar surface area (TPSA) is 105 Å². The minimum atomic E-state index is -0.513. The molecule has 0 bridgehead atoms. The molecule has 0 aliphatic heterocycles. The fourth-order valence-corrected chi connectivity index (χ4v) is 2.01. The first kappa shape index (κ1) is 13.2. The summed E-state index contributed by atoms with van der Waals surface area (Å²) in [6, 6.07) is 7.10. The van der Waals surface area contributed by atoms with Gasteiger partial charge in [0.1, 0.15) is 18.9 Å². The Hall–Kier alpha value is -2.81. The van der Waals surface area contributed by atoms with Crippen molar-refractivity contribution in [2.75, 3.05) is 0 Å². The van der Waals surface area contributed by atoms with Crippen molar-refractivity contribution in [1.29, 1.82) is 0 Å². The highest BCUT2D eigenvalue weighted by atomic mass is 35.5. The van der Waals surface area contributed by atoms with Gasteiger partial charge >= 0.3 is 5.69 Å². The van der Waals surface area contributed by atoms with Crippen LogP contribution in [0.3, 0.4) is 0 Å². The summed E-state index contributed by atoms with van der Waals surface area (Å²) in [5, 5.41) is 26.4. The van der Waals surface area contributed by atoms with Gasteiger partial charge in [-0.25, -0.2) is 0 Å². The summed E-state index contributed by atoms with van der Waals surface area (Å²) in [7, 11) is 0. The first-order valence-electron chi connectivity index (χ1n) is 5.84. The van der Waals surface area contributed by atoms with Gasteiger partial charge in [0.25, 0.3) is 0 Å². The van der Waals surface area contributed by atoms with E-state index in [-0.39, 0.29) is 12.2 Å². The van der Waals surface area contributed by atoms with Crippen LogP contribution in [0.4, 0.5) is 5.69 Å². The molecule has 0 saturated heterocycles. The molecule has 9 nitrogen and oxygen atoms in total. The van der Waals surface area contributed by atoms with Gasteiger partial charge in [0, 0.05) is 0 Å². The minimum absolute atomic E-state index is 0.0910. The largest absolute Gasteiger partial charge is 0.307 e. The Morgan fingerprint density at radius 2 is 2.14 bits per heavy atom. The Labute approximate surface area is 122 Å². The molecule has 3 aromatic rings. The standard InChI is InChI=1S/C11H8ClN7O2/c12-9-3-1-2-4-10(9)18-11(14-15-16-18)7-17-6-8(5-13-17)19(20)21/h1-6H,7H2. The van der Waals surface area contributed by atoms with Crippen LogP contribution >= 0.6 is 11.6 Å². The Kier molecular flexibility index (Phi) is 3.32. The molecule has 0 amide bonds. The highest BCUT2D eigenvalue weighted by molar-refractivity contribution is 6.32. The van der Waals surface area contributed by atoms with E-state index < -0.39 is 4.92 Å². The quantitative estimate of drug-likeness (QED) is 0.534. The van der Waals surface area contributed by atoms with Gasteiger partial charge in [0.15, 0.2) is 5.82 Å². The summed E-state index contributed by atoms with van der Waals surface area (Å²) in [6.07, 6.45) is 2.48. The Bertz CT molecular complexity index is 797. The van der Waals surface area contributed by atoms with Crippen LogP contribution in [0.1, 0.15) is 5.82 Å². The maximum absolute atomic E-state index is 10.6. The monoisotopic (exact) mass is 305 g/mol. The van der Waals surface area contributed by atoms with E-state index >= 15 is 0 Å². The SMILES string of the molecule is O=[N+]([O-])c1cnn(Cc2nnnn2-c2ccccc2Cl)c1. The van der Waals surface area contributed by atoms with E-state index in [1.807, 2.05) is 6.07 Å². The lowest BCUT2D eigenvalue weighted by Gasteiger charge is -2.06. The second kappa shape index (κ2) is 5.29. The number of tetrazole rings is 1. The van der Waals surface area contributed by atoms with Gasteiger partial charge in [0.2, 0.25) is 0 Å². The second-order valence-corrected chi connectivity index (χ2v) is 4.52. The van der Waals surface area contributed by atoms with Crippen LogP contribution in [0.2, 0.25) is 5.02 Å². The third-order valence-electron chi connectivity index (χ3n) is 2.75. The lowest BCUT2D eigenvalue weighted by molar-refractivity contribution is -0.385. The average molecular weight is 306 g/mol. The van der Waals surface area contributed by atoms with Crippen LogP contribution < -0.4 is 0 Å². The van der Waals surface area contributed by atoms with Crippen LogP contribution in [-0.2, 0) is 6.54 Å². The van der Waals surface area contributed by atoms with E-state index in [0.29, 0.717) is 16.5 Å². The number of para-hydroxylation sites is 1. The van der Waals surface area contributed by atoms with Crippen LogP contribution in [0.5, 0.6) is 0 Å². The minimum Gasteiger partial charge on any atom is -0.258 e. The summed E-state index contributed by atoms with van der Waals surface area (Å²) < 4.78 is 2.85. The molecule has 0 spiro atoms. The fraction of sp³-hybridized carbons (Fsp3) is 0.0909. The van der Waals surface area contributed by atoms with E-state index in [2.05, 4.69) is 20.6 Å². The van der Waals surface area contributed by atoms with Crippen molar-refractivity contribution in [3.63, 3.8) is 0 Å². The van der Waals surface area contributed by atoms with E-state index in [4.69, 9.17) is 11.6 Å². The predicted molar refractivity (Wildman–Crippen MR) is 72.1 cm³/mol. The van der Waals surface area contributed by atoms with Gasteiger partial charge in [-0.05, 0) is 22.6 Å². The third-order valence-corrected chi connectivity index (χ3v) is 3.07. The van der Waals surface area contributed by atoms with Crippen molar-refractivity contribution in [3.8, 4) is 5.69 Å². The number of nitro groups is 1. The molecule has 0 N–H and O–H groups in total. The fourth-order valence-electron chi connectivity index (χ4n) is 1.79. The average Bonchev–Trinajstić information content (AvgIpc) is 3.09. The number of aromatic nitrogens is 6. The molecule has 3 rings (SSSR count). The molecule has 0 saturated carbocycles. The molecule has 0 fully saturated rings. The van der Waals surface area contributed by atoms with Crippen molar-refractivity contribution in [2.45, 2.75) is 6.54 Å². The van der Waals surface area contributed by atoms with Crippen molar-refractivity contribution in [2.24, 2.45) is 0 Å².